The predicted octanol–water partition coefficient (Wildman–Crippen LogP) is 3.54. The fourth-order valence-electron chi connectivity index (χ4n) is 2.19. The highest BCUT2D eigenvalue weighted by Gasteiger charge is 2.19. The molecule has 0 saturated heterocycles. The largest absolute Gasteiger partial charge is 0.333 e. The highest BCUT2D eigenvalue weighted by atomic mass is 79.9. The molecule has 108 valence electrons. The molecule has 1 atom stereocenters. The van der Waals surface area contributed by atoms with Gasteiger partial charge in [0, 0.05) is 29.6 Å². The molecule has 1 unspecified atom stereocenters. The zero-order valence-corrected chi connectivity index (χ0v) is 13.6. The molecular weight excluding hydrogens is 316 g/mol. The number of nitrogens with one attached hydrogen (secondary N) is 1. The highest BCUT2D eigenvalue weighted by molar-refractivity contribution is 9.10. The third-order valence-electron chi connectivity index (χ3n) is 3.11. The molecule has 1 N–H and O–H groups in total. The fraction of sp³-hybridized carbons (Fsp3) is 0.467. The summed E-state index contributed by atoms with van der Waals surface area (Å²) >= 11 is 3.43. The molecule has 0 aromatic carbocycles. The minimum atomic E-state index is 0.0459. The molecular formula is C15H21BrN4. The molecule has 2 aromatic heterocycles. The van der Waals surface area contributed by atoms with Gasteiger partial charge in [-0.3, -0.25) is 4.98 Å². The van der Waals surface area contributed by atoms with Crippen LogP contribution in [0.2, 0.25) is 0 Å². The lowest BCUT2D eigenvalue weighted by atomic mass is 10.1. The summed E-state index contributed by atoms with van der Waals surface area (Å²) in [4.78, 5) is 9.06. The van der Waals surface area contributed by atoms with Crippen molar-refractivity contribution in [2.45, 2.75) is 39.3 Å². The van der Waals surface area contributed by atoms with Gasteiger partial charge in [-0.2, -0.15) is 0 Å². The fourth-order valence-corrected chi connectivity index (χ4v) is 2.42. The van der Waals surface area contributed by atoms with Gasteiger partial charge < -0.3 is 9.88 Å². The van der Waals surface area contributed by atoms with E-state index in [1.54, 1.807) is 0 Å². The van der Waals surface area contributed by atoms with Crippen molar-refractivity contribution >= 4 is 15.9 Å². The number of aryl methyl sites for hydroxylation is 1. The number of nitrogens with zero attached hydrogens (tertiary/aromatic N) is 3. The van der Waals surface area contributed by atoms with E-state index >= 15 is 0 Å². The Morgan fingerprint density at radius 1 is 1.25 bits per heavy atom. The summed E-state index contributed by atoms with van der Waals surface area (Å²) in [6, 6.07) is 4.11. The Bertz CT molecular complexity index is 521. The van der Waals surface area contributed by atoms with Gasteiger partial charge in [-0.1, -0.05) is 13.8 Å². The summed E-state index contributed by atoms with van der Waals surface area (Å²) in [5.74, 6) is 1.04. The Morgan fingerprint density at radius 2 is 2.10 bits per heavy atom. The lowest BCUT2D eigenvalue weighted by Crippen LogP contribution is -2.27. The van der Waals surface area contributed by atoms with Gasteiger partial charge in [-0.15, -0.1) is 0 Å². The van der Waals surface area contributed by atoms with Gasteiger partial charge in [0.2, 0.25) is 0 Å². The van der Waals surface area contributed by atoms with E-state index in [-0.39, 0.29) is 6.04 Å². The quantitative estimate of drug-likeness (QED) is 0.840. The molecule has 2 rings (SSSR count). The third kappa shape index (κ3) is 3.67. The number of rotatable bonds is 7. The van der Waals surface area contributed by atoms with E-state index in [1.807, 2.05) is 30.7 Å². The van der Waals surface area contributed by atoms with E-state index in [1.165, 1.54) is 0 Å². The SMILES string of the molecule is CCCNC(c1ccc(Br)cn1)c1nccn1CCC. The summed E-state index contributed by atoms with van der Waals surface area (Å²) in [7, 11) is 0. The van der Waals surface area contributed by atoms with Crippen LogP contribution in [0.3, 0.4) is 0 Å². The second-order valence-corrected chi connectivity index (χ2v) is 5.68. The van der Waals surface area contributed by atoms with Crippen LogP contribution in [0.15, 0.2) is 35.2 Å². The Hall–Kier alpha value is -1.20. The molecule has 0 radical (unpaired) electrons. The van der Waals surface area contributed by atoms with E-state index in [2.05, 4.69) is 49.6 Å². The molecule has 2 aromatic rings. The zero-order chi connectivity index (χ0) is 14.4. The standard InChI is InChI=1S/C15H21BrN4/c1-3-7-17-14(13-6-5-12(16)11-19-13)15-18-8-10-20(15)9-4-2/h5-6,8,10-11,14,17H,3-4,7,9H2,1-2H3. The lowest BCUT2D eigenvalue weighted by Gasteiger charge is -2.19. The Balaban J connectivity index is 2.31. The van der Waals surface area contributed by atoms with Gasteiger partial charge in [0.25, 0.3) is 0 Å². The average molecular weight is 337 g/mol. The van der Waals surface area contributed by atoms with E-state index in [0.29, 0.717) is 0 Å². The molecule has 20 heavy (non-hydrogen) atoms. The smallest absolute Gasteiger partial charge is 0.132 e. The number of pyridine rings is 1. The van der Waals surface area contributed by atoms with Crippen molar-refractivity contribution in [1.29, 1.82) is 0 Å². The van der Waals surface area contributed by atoms with Gasteiger partial charge in [0.1, 0.15) is 11.9 Å². The van der Waals surface area contributed by atoms with Crippen molar-refractivity contribution in [2.75, 3.05) is 6.54 Å². The second-order valence-electron chi connectivity index (χ2n) is 4.77. The first-order valence-electron chi connectivity index (χ1n) is 7.12. The molecule has 2 heterocycles. The summed E-state index contributed by atoms with van der Waals surface area (Å²) in [6.07, 6.45) is 7.92. The maximum Gasteiger partial charge on any atom is 0.132 e. The van der Waals surface area contributed by atoms with E-state index in [0.717, 1.165) is 41.9 Å². The molecule has 0 aliphatic rings. The summed E-state index contributed by atoms with van der Waals surface area (Å²) in [5.41, 5.74) is 1.00. The van der Waals surface area contributed by atoms with Gasteiger partial charge in [0.05, 0.1) is 5.69 Å². The lowest BCUT2D eigenvalue weighted by molar-refractivity contribution is 0.521. The molecule has 0 fully saturated rings. The molecule has 0 spiro atoms. The molecule has 0 aliphatic carbocycles. The van der Waals surface area contributed by atoms with E-state index < -0.39 is 0 Å². The van der Waals surface area contributed by atoms with Crippen LogP contribution in [0.5, 0.6) is 0 Å². The number of aromatic nitrogens is 3. The van der Waals surface area contributed by atoms with Crippen molar-refractivity contribution in [1.82, 2.24) is 19.9 Å². The van der Waals surface area contributed by atoms with Gasteiger partial charge in [-0.05, 0) is 47.4 Å². The van der Waals surface area contributed by atoms with Crippen LogP contribution in [0.25, 0.3) is 0 Å². The minimum Gasteiger partial charge on any atom is -0.333 e. The third-order valence-corrected chi connectivity index (χ3v) is 3.58. The van der Waals surface area contributed by atoms with E-state index in [9.17, 15) is 0 Å². The van der Waals surface area contributed by atoms with Crippen LogP contribution < -0.4 is 5.32 Å². The first kappa shape index (κ1) is 15.2. The van der Waals surface area contributed by atoms with Gasteiger partial charge in [-0.25, -0.2) is 4.98 Å². The predicted molar refractivity (Wildman–Crippen MR) is 84.6 cm³/mol. The monoisotopic (exact) mass is 336 g/mol. The minimum absolute atomic E-state index is 0.0459. The molecule has 0 amide bonds. The maximum absolute atomic E-state index is 4.54. The Morgan fingerprint density at radius 3 is 2.75 bits per heavy atom. The number of hydrogen-bond acceptors (Lipinski definition) is 3. The topological polar surface area (TPSA) is 42.7 Å². The normalized spacial score (nSPS) is 12.6. The Kier molecular flexibility index (Phi) is 5.73. The van der Waals surface area contributed by atoms with Crippen molar-refractivity contribution in [3.05, 3.63) is 46.7 Å². The molecule has 4 nitrogen and oxygen atoms in total. The van der Waals surface area contributed by atoms with Crippen molar-refractivity contribution in [2.24, 2.45) is 0 Å². The molecule has 0 bridgehead atoms. The molecule has 0 saturated carbocycles. The second kappa shape index (κ2) is 7.55. The molecule has 5 heteroatoms. The average Bonchev–Trinajstić information content (AvgIpc) is 2.90. The van der Waals surface area contributed by atoms with Gasteiger partial charge in [0.15, 0.2) is 0 Å². The number of hydrogen-bond donors (Lipinski definition) is 1. The first-order valence-corrected chi connectivity index (χ1v) is 7.91. The Labute approximate surface area is 128 Å². The number of imidazole rings is 1. The van der Waals surface area contributed by atoms with Crippen LogP contribution in [0.1, 0.15) is 44.2 Å². The zero-order valence-electron chi connectivity index (χ0n) is 12.0. The van der Waals surface area contributed by atoms with Crippen LogP contribution >= 0.6 is 15.9 Å². The van der Waals surface area contributed by atoms with Crippen LogP contribution in [0, 0.1) is 0 Å². The number of halogens is 1. The van der Waals surface area contributed by atoms with Crippen molar-refractivity contribution in [3.8, 4) is 0 Å². The maximum atomic E-state index is 4.54. The van der Waals surface area contributed by atoms with Gasteiger partial charge >= 0.3 is 0 Å². The summed E-state index contributed by atoms with van der Waals surface area (Å²) < 4.78 is 3.20. The van der Waals surface area contributed by atoms with Crippen molar-refractivity contribution in [3.63, 3.8) is 0 Å². The van der Waals surface area contributed by atoms with Crippen LogP contribution in [-0.2, 0) is 6.54 Å². The molecule has 0 aliphatic heterocycles. The van der Waals surface area contributed by atoms with Crippen LogP contribution in [0.4, 0.5) is 0 Å². The summed E-state index contributed by atoms with van der Waals surface area (Å²) in [5, 5.41) is 3.55. The first-order chi connectivity index (χ1) is 9.76. The summed E-state index contributed by atoms with van der Waals surface area (Å²) in [6.45, 7) is 6.27. The van der Waals surface area contributed by atoms with E-state index in [4.69, 9.17) is 0 Å². The van der Waals surface area contributed by atoms with Crippen LogP contribution in [-0.4, -0.2) is 21.1 Å². The highest BCUT2D eigenvalue weighted by Crippen LogP contribution is 2.20. The van der Waals surface area contributed by atoms with Crippen molar-refractivity contribution < 1.29 is 0 Å².